The fourth-order valence-electron chi connectivity index (χ4n) is 1.13. The summed E-state index contributed by atoms with van der Waals surface area (Å²) in [4.78, 5) is 25.0. The zero-order valence-corrected chi connectivity index (χ0v) is 10.3. The van der Waals surface area contributed by atoms with Crippen LogP contribution in [0.3, 0.4) is 0 Å². The van der Waals surface area contributed by atoms with Gasteiger partial charge >= 0.3 is 5.97 Å². The molecule has 0 spiro atoms. The van der Waals surface area contributed by atoms with E-state index in [1.165, 1.54) is 7.11 Å². The summed E-state index contributed by atoms with van der Waals surface area (Å²) < 4.78 is 9.66. The second-order valence-corrected chi connectivity index (χ2v) is 3.63. The predicted molar refractivity (Wildman–Crippen MR) is 62.7 cm³/mol. The van der Waals surface area contributed by atoms with Crippen molar-refractivity contribution in [2.24, 2.45) is 0 Å². The number of carbonyl (C=O) groups is 1. The van der Waals surface area contributed by atoms with Crippen molar-refractivity contribution in [1.82, 2.24) is 4.98 Å². The molecule has 0 bridgehead atoms. The first-order valence-corrected chi connectivity index (χ1v) is 5.40. The number of halogens is 1. The molecule has 0 N–H and O–H groups in total. The van der Waals surface area contributed by atoms with E-state index in [9.17, 15) is 14.9 Å². The Hall–Kier alpha value is -1.73. The molecule has 1 rings (SSSR count). The number of nitrogens with zero attached hydrogens (tertiary/aromatic N) is 2. The van der Waals surface area contributed by atoms with Crippen molar-refractivity contribution in [1.29, 1.82) is 0 Å². The highest BCUT2D eigenvalue weighted by molar-refractivity contribution is 6.32. The van der Waals surface area contributed by atoms with E-state index in [1.807, 2.05) is 0 Å². The van der Waals surface area contributed by atoms with Gasteiger partial charge in [0.15, 0.2) is 0 Å². The number of nitro groups is 1. The normalized spacial score (nSPS) is 10.1. The SMILES string of the molecule is COCCCOC(=O)c1cc([N+](=O)[O-])cnc1Cl. The molecule has 8 heteroatoms. The van der Waals surface area contributed by atoms with Crippen molar-refractivity contribution in [3.05, 3.63) is 33.1 Å². The van der Waals surface area contributed by atoms with Gasteiger partial charge in [0.05, 0.1) is 11.5 Å². The molecule has 0 fully saturated rings. The van der Waals surface area contributed by atoms with Crippen molar-refractivity contribution in [3.63, 3.8) is 0 Å². The van der Waals surface area contributed by atoms with Crippen molar-refractivity contribution in [2.45, 2.75) is 6.42 Å². The summed E-state index contributed by atoms with van der Waals surface area (Å²) in [6.45, 7) is 0.597. The third-order valence-corrected chi connectivity index (χ3v) is 2.28. The van der Waals surface area contributed by atoms with E-state index in [2.05, 4.69) is 4.98 Å². The molecule has 1 heterocycles. The molecule has 0 amide bonds. The highest BCUT2D eigenvalue weighted by atomic mass is 35.5. The number of esters is 1. The van der Waals surface area contributed by atoms with Crippen LogP contribution in [0.4, 0.5) is 5.69 Å². The molecular formula is C10H11ClN2O5. The molecule has 0 aliphatic carbocycles. The number of aromatic nitrogens is 1. The number of rotatable bonds is 6. The molecule has 0 aromatic carbocycles. The van der Waals surface area contributed by atoms with Crippen LogP contribution in [0.5, 0.6) is 0 Å². The maximum absolute atomic E-state index is 11.6. The van der Waals surface area contributed by atoms with Crippen LogP contribution in [0.15, 0.2) is 12.3 Å². The smallest absolute Gasteiger partial charge is 0.341 e. The minimum absolute atomic E-state index is 0.122. The lowest BCUT2D eigenvalue weighted by atomic mass is 10.2. The highest BCUT2D eigenvalue weighted by Crippen LogP contribution is 2.19. The van der Waals surface area contributed by atoms with E-state index in [0.29, 0.717) is 13.0 Å². The second-order valence-electron chi connectivity index (χ2n) is 3.27. The zero-order chi connectivity index (χ0) is 13.5. The lowest BCUT2D eigenvalue weighted by molar-refractivity contribution is -0.385. The van der Waals surface area contributed by atoms with Crippen LogP contribution in [0, 0.1) is 10.1 Å². The number of hydrogen-bond donors (Lipinski definition) is 0. The van der Waals surface area contributed by atoms with Crippen LogP contribution < -0.4 is 0 Å². The third-order valence-electron chi connectivity index (χ3n) is 1.98. The van der Waals surface area contributed by atoms with Gasteiger partial charge in [0, 0.05) is 26.2 Å². The van der Waals surface area contributed by atoms with E-state index < -0.39 is 10.9 Å². The fraction of sp³-hybridized carbons (Fsp3) is 0.400. The molecule has 0 aliphatic rings. The van der Waals surface area contributed by atoms with Crippen LogP contribution in [0.2, 0.25) is 5.15 Å². The fourth-order valence-corrected chi connectivity index (χ4v) is 1.31. The van der Waals surface area contributed by atoms with E-state index >= 15 is 0 Å². The largest absolute Gasteiger partial charge is 0.462 e. The summed E-state index contributed by atoms with van der Waals surface area (Å²) >= 11 is 5.68. The lowest BCUT2D eigenvalue weighted by Gasteiger charge is -2.05. The van der Waals surface area contributed by atoms with Crippen LogP contribution >= 0.6 is 11.6 Å². The molecule has 0 unspecified atom stereocenters. The van der Waals surface area contributed by atoms with Crippen molar-refractivity contribution in [2.75, 3.05) is 20.3 Å². The van der Waals surface area contributed by atoms with Crippen molar-refractivity contribution in [3.8, 4) is 0 Å². The van der Waals surface area contributed by atoms with Crippen molar-refractivity contribution >= 4 is 23.3 Å². The quantitative estimate of drug-likeness (QED) is 0.258. The minimum atomic E-state index is -0.743. The van der Waals surface area contributed by atoms with Crippen LogP contribution in [0.25, 0.3) is 0 Å². The van der Waals surface area contributed by atoms with Gasteiger partial charge in [-0.15, -0.1) is 0 Å². The molecular weight excluding hydrogens is 264 g/mol. The van der Waals surface area contributed by atoms with Gasteiger partial charge in [0.2, 0.25) is 0 Å². The maximum atomic E-state index is 11.6. The Morgan fingerprint density at radius 1 is 1.56 bits per heavy atom. The summed E-state index contributed by atoms with van der Waals surface area (Å²) in [6, 6.07) is 1.04. The van der Waals surface area contributed by atoms with Crippen LogP contribution in [-0.4, -0.2) is 36.2 Å². The molecule has 7 nitrogen and oxygen atoms in total. The molecule has 0 saturated carbocycles. The molecule has 0 radical (unpaired) electrons. The summed E-state index contributed by atoms with van der Waals surface area (Å²) in [5.41, 5.74) is -0.438. The molecule has 1 aromatic rings. The molecule has 0 saturated heterocycles. The molecule has 1 aromatic heterocycles. The Balaban J connectivity index is 2.72. The van der Waals surface area contributed by atoms with Gasteiger partial charge in [-0.05, 0) is 0 Å². The minimum Gasteiger partial charge on any atom is -0.462 e. The Morgan fingerprint density at radius 3 is 2.89 bits per heavy atom. The van der Waals surface area contributed by atoms with Crippen molar-refractivity contribution < 1.29 is 19.2 Å². The summed E-state index contributed by atoms with van der Waals surface area (Å²) in [5.74, 6) is -0.743. The molecule has 98 valence electrons. The molecule has 0 aliphatic heterocycles. The Kier molecular flexibility index (Phi) is 5.47. The zero-order valence-electron chi connectivity index (χ0n) is 9.59. The Labute approximate surface area is 108 Å². The topological polar surface area (TPSA) is 91.6 Å². The summed E-state index contributed by atoms with van der Waals surface area (Å²) in [7, 11) is 1.53. The standard InChI is InChI=1S/C10H11ClN2O5/c1-17-3-2-4-18-10(14)8-5-7(13(15)16)6-12-9(8)11/h5-6H,2-4H2,1H3. The maximum Gasteiger partial charge on any atom is 0.341 e. The highest BCUT2D eigenvalue weighted by Gasteiger charge is 2.18. The summed E-state index contributed by atoms with van der Waals surface area (Å²) in [6.07, 6.45) is 1.51. The van der Waals surface area contributed by atoms with Gasteiger partial charge in [0.25, 0.3) is 5.69 Å². The average molecular weight is 275 g/mol. The number of ether oxygens (including phenoxy) is 2. The van der Waals surface area contributed by atoms with Gasteiger partial charge < -0.3 is 9.47 Å². The van der Waals surface area contributed by atoms with Crippen LogP contribution in [-0.2, 0) is 9.47 Å². The lowest BCUT2D eigenvalue weighted by Crippen LogP contribution is -2.09. The Bertz CT molecular complexity index is 452. The molecule has 18 heavy (non-hydrogen) atoms. The van der Waals surface area contributed by atoms with Gasteiger partial charge in [-0.2, -0.15) is 0 Å². The van der Waals surface area contributed by atoms with Crippen LogP contribution in [0.1, 0.15) is 16.8 Å². The summed E-state index contributed by atoms with van der Waals surface area (Å²) in [5, 5.41) is 10.4. The second kappa shape index (κ2) is 6.87. The van der Waals surface area contributed by atoms with E-state index in [4.69, 9.17) is 21.1 Å². The first-order chi connectivity index (χ1) is 8.56. The van der Waals surface area contributed by atoms with Gasteiger partial charge in [0.1, 0.15) is 16.9 Å². The number of hydrogen-bond acceptors (Lipinski definition) is 6. The first kappa shape index (κ1) is 14.3. The average Bonchev–Trinajstić information content (AvgIpc) is 2.34. The Morgan fingerprint density at radius 2 is 2.28 bits per heavy atom. The van der Waals surface area contributed by atoms with E-state index in [0.717, 1.165) is 12.3 Å². The van der Waals surface area contributed by atoms with E-state index in [1.54, 1.807) is 0 Å². The van der Waals surface area contributed by atoms with Gasteiger partial charge in [-0.25, -0.2) is 9.78 Å². The number of pyridine rings is 1. The molecule has 0 atom stereocenters. The monoisotopic (exact) mass is 274 g/mol. The third kappa shape index (κ3) is 3.94. The predicted octanol–water partition coefficient (Wildman–Crippen LogP) is 1.84. The van der Waals surface area contributed by atoms with Gasteiger partial charge in [-0.1, -0.05) is 11.6 Å². The van der Waals surface area contributed by atoms with Gasteiger partial charge in [-0.3, -0.25) is 10.1 Å². The number of methoxy groups -OCH3 is 1. The van der Waals surface area contributed by atoms with E-state index in [-0.39, 0.29) is 23.0 Å². The number of carbonyl (C=O) groups excluding carboxylic acids is 1. The first-order valence-electron chi connectivity index (χ1n) is 5.02.